The van der Waals surface area contributed by atoms with Crippen LogP contribution in [-0.4, -0.2) is 42.3 Å². The molecule has 110 valence electrons. The van der Waals surface area contributed by atoms with Gasteiger partial charge in [0.05, 0.1) is 13.0 Å². The molecule has 6 heteroatoms. The lowest BCUT2D eigenvalue weighted by atomic mass is 9.80. The Morgan fingerprint density at radius 1 is 1.33 bits per heavy atom. The first-order valence-corrected chi connectivity index (χ1v) is 6.76. The summed E-state index contributed by atoms with van der Waals surface area (Å²) in [5, 5.41) is 2.73. The fourth-order valence-corrected chi connectivity index (χ4v) is 3.24. The van der Waals surface area contributed by atoms with Crippen molar-refractivity contribution in [2.24, 2.45) is 0 Å². The van der Waals surface area contributed by atoms with Gasteiger partial charge in [-0.1, -0.05) is 12.1 Å². The van der Waals surface area contributed by atoms with Crippen molar-refractivity contribution in [1.82, 2.24) is 10.2 Å². The first-order chi connectivity index (χ1) is 9.99. The first-order valence-electron chi connectivity index (χ1n) is 6.76. The van der Waals surface area contributed by atoms with Gasteiger partial charge in [0.25, 0.3) is 5.91 Å². The third kappa shape index (κ3) is 1.82. The number of carbonyl (C=O) groups is 3. The summed E-state index contributed by atoms with van der Waals surface area (Å²) in [6, 6.07) is 7.06. The zero-order chi connectivity index (χ0) is 15.2. The Hall–Kier alpha value is -2.37. The lowest BCUT2D eigenvalue weighted by molar-refractivity contribution is -0.139. The largest absolute Gasteiger partial charge is 0.497 e. The number of hydrogen-bond donors (Lipinski definition) is 1. The van der Waals surface area contributed by atoms with Crippen molar-refractivity contribution in [3.63, 3.8) is 0 Å². The van der Waals surface area contributed by atoms with Crippen molar-refractivity contribution in [1.29, 1.82) is 0 Å². The summed E-state index contributed by atoms with van der Waals surface area (Å²) in [6.45, 7) is 0. The van der Waals surface area contributed by atoms with Gasteiger partial charge in [0.2, 0.25) is 11.8 Å². The Labute approximate surface area is 122 Å². The van der Waals surface area contributed by atoms with E-state index in [-0.39, 0.29) is 24.1 Å². The Bertz CT molecular complexity index is 642. The fraction of sp³-hybridized carbons (Fsp3) is 0.400. The van der Waals surface area contributed by atoms with Crippen LogP contribution in [0.4, 0.5) is 0 Å². The Kier molecular flexibility index (Phi) is 2.97. The van der Waals surface area contributed by atoms with Crippen LogP contribution in [0.25, 0.3) is 0 Å². The molecule has 0 bridgehead atoms. The number of nitrogens with zero attached hydrogens (tertiary/aromatic N) is 1. The van der Waals surface area contributed by atoms with Crippen LogP contribution >= 0.6 is 0 Å². The molecule has 1 aromatic rings. The van der Waals surface area contributed by atoms with Gasteiger partial charge in [-0.15, -0.1) is 0 Å². The van der Waals surface area contributed by atoms with Crippen LogP contribution in [0.3, 0.4) is 0 Å². The third-order valence-electron chi connectivity index (χ3n) is 4.29. The molecule has 21 heavy (non-hydrogen) atoms. The summed E-state index contributed by atoms with van der Waals surface area (Å²) in [5.74, 6) is -0.917. The van der Waals surface area contributed by atoms with E-state index in [1.54, 1.807) is 31.4 Å². The number of likely N-dealkylation sites (N-methyl/N-ethyl adjacent to an activating group) is 1. The number of nitrogens with one attached hydrogen (secondary N) is 1. The molecule has 3 rings (SSSR count). The van der Waals surface area contributed by atoms with Gasteiger partial charge in [0.15, 0.2) is 0 Å². The smallest absolute Gasteiger partial charge is 0.255 e. The lowest BCUT2D eigenvalue weighted by Crippen LogP contribution is -2.51. The molecular weight excluding hydrogens is 272 g/mol. The van der Waals surface area contributed by atoms with Gasteiger partial charge in [-0.25, -0.2) is 0 Å². The maximum Gasteiger partial charge on any atom is 0.255 e. The van der Waals surface area contributed by atoms with E-state index in [4.69, 9.17) is 4.74 Å². The highest BCUT2D eigenvalue weighted by Gasteiger charge is 2.61. The van der Waals surface area contributed by atoms with Crippen LogP contribution in [0, 0.1) is 0 Å². The zero-order valence-corrected chi connectivity index (χ0v) is 11.9. The molecule has 2 fully saturated rings. The predicted octanol–water partition coefficient (Wildman–Crippen LogP) is 0.426. The second-order valence-electron chi connectivity index (χ2n) is 5.43. The molecule has 2 saturated heterocycles. The number of carbonyl (C=O) groups excluding carboxylic acids is 3. The van der Waals surface area contributed by atoms with Gasteiger partial charge in [0.1, 0.15) is 11.3 Å². The quantitative estimate of drug-likeness (QED) is 0.801. The first kappa shape index (κ1) is 13.6. The van der Waals surface area contributed by atoms with Crippen LogP contribution in [-0.2, 0) is 14.4 Å². The number of amides is 3. The van der Waals surface area contributed by atoms with E-state index in [0.29, 0.717) is 17.7 Å². The van der Waals surface area contributed by atoms with Crippen molar-refractivity contribution in [2.45, 2.75) is 24.3 Å². The van der Waals surface area contributed by atoms with Crippen LogP contribution in [0.15, 0.2) is 24.3 Å². The van der Waals surface area contributed by atoms with Crippen molar-refractivity contribution < 1.29 is 19.1 Å². The minimum atomic E-state index is -1.14. The van der Waals surface area contributed by atoms with Crippen LogP contribution in [0.5, 0.6) is 5.75 Å². The molecule has 0 saturated carbocycles. The highest BCUT2D eigenvalue weighted by atomic mass is 16.5. The Morgan fingerprint density at radius 2 is 2.10 bits per heavy atom. The minimum Gasteiger partial charge on any atom is -0.497 e. The SMILES string of the molecule is COc1cccc([C@@H]2C(=O)N(C)C(=O)[C@]23CCC(=O)N3)c1. The van der Waals surface area contributed by atoms with Gasteiger partial charge in [-0.3, -0.25) is 19.3 Å². The maximum atomic E-state index is 12.5. The normalized spacial score (nSPS) is 28.4. The van der Waals surface area contributed by atoms with E-state index in [1.807, 2.05) is 0 Å². The minimum absolute atomic E-state index is 0.195. The van der Waals surface area contributed by atoms with Crippen molar-refractivity contribution >= 4 is 17.7 Å². The van der Waals surface area contributed by atoms with Gasteiger partial charge in [-0.05, 0) is 24.1 Å². The molecule has 1 spiro atoms. The summed E-state index contributed by atoms with van der Waals surface area (Å²) in [7, 11) is 3.00. The number of hydrogen-bond acceptors (Lipinski definition) is 4. The summed E-state index contributed by atoms with van der Waals surface area (Å²) >= 11 is 0. The van der Waals surface area contributed by atoms with Crippen molar-refractivity contribution in [3.8, 4) is 5.75 Å². The molecule has 3 amide bonds. The van der Waals surface area contributed by atoms with E-state index in [2.05, 4.69) is 5.32 Å². The topological polar surface area (TPSA) is 75.7 Å². The molecule has 0 radical (unpaired) electrons. The summed E-state index contributed by atoms with van der Waals surface area (Å²) in [6.07, 6.45) is 0.593. The molecular formula is C15H16N2O4. The van der Waals surface area contributed by atoms with Gasteiger partial charge < -0.3 is 10.1 Å². The molecule has 0 aliphatic carbocycles. The predicted molar refractivity (Wildman–Crippen MR) is 73.6 cm³/mol. The molecule has 6 nitrogen and oxygen atoms in total. The van der Waals surface area contributed by atoms with E-state index >= 15 is 0 Å². The average Bonchev–Trinajstić information content (AvgIpc) is 2.95. The Balaban J connectivity index is 2.11. The Morgan fingerprint density at radius 3 is 2.71 bits per heavy atom. The van der Waals surface area contributed by atoms with E-state index in [0.717, 1.165) is 4.90 Å². The molecule has 1 N–H and O–H groups in total. The van der Waals surface area contributed by atoms with Crippen LogP contribution in [0.2, 0.25) is 0 Å². The number of imide groups is 1. The van der Waals surface area contributed by atoms with Gasteiger partial charge in [-0.2, -0.15) is 0 Å². The van der Waals surface area contributed by atoms with Crippen LogP contribution < -0.4 is 10.1 Å². The van der Waals surface area contributed by atoms with Crippen LogP contribution in [0.1, 0.15) is 24.3 Å². The van der Waals surface area contributed by atoms with E-state index in [9.17, 15) is 14.4 Å². The zero-order valence-electron chi connectivity index (χ0n) is 11.9. The highest BCUT2D eigenvalue weighted by Crippen LogP contribution is 2.43. The number of benzene rings is 1. The standard InChI is InChI=1S/C15H16N2O4/c1-17-13(19)12(9-4-3-5-10(8-9)21-2)15(14(17)20)7-6-11(18)16-15/h3-5,8,12H,6-7H2,1-2H3,(H,16,18)/t12-,15+/m1/s1. The second-order valence-corrected chi connectivity index (χ2v) is 5.43. The molecule has 2 aliphatic heterocycles. The number of likely N-dealkylation sites (tertiary alicyclic amines) is 1. The summed E-state index contributed by atoms with van der Waals surface area (Å²) in [5.41, 5.74) is -0.464. The average molecular weight is 288 g/mol. The molecule has 1 aromatic carbocycles. The van der Waals surface area contributed by atoms with Gasteiger partial charge in [0, 0.05) is 13.5 Å². The molecule has 0 unspecified atom stereocenters. The summed E-state index contributed by atoms with van der Waals surface area (Å²) in [4.78, 5) is 37.7. The molecule has 2 heterocycles. The molecule has 2 atom stereocenters. The van der Waals surface area contributed by atoms with Crippen molar-refractivity contribution in [2.75, 3.05) is 14.2 Å². The van der Waals surface area contributed by atoms with E-state index in [1.165, 1.54) is 7.05 Å². The molecule has 0 aromatic heterocycles. The maximum absolute atomic E-state index is 12.5. The number of methoxy groups -OCH3 is 1. The summed E-state index contributed by atoms with van der Waals surface area (Å²) < 4.78 is 5.18. The monoisotopic (exact) mass is 288 g/mol. The van der Waals surface area contributed by atoms with Gasteiger partial charge >= 0.3 is 0 Å². The molecule has 2 aliphatic rings. The second kappa shape index (κ2) is 4.58. The lowest BCUT2D eigenvalue weighted by Gasteiger charge is -2.26. The number of rotatable bonds is 2. The highest BCUT2D eigenvalue weighted by molar-refractivity contribution is 6.14. The number of ether oxygens (including phenoxy) is 1. The third-order valence-corrected chi connectivity index (χ3v) is 4.29. The van der Waals surface area contributed by atoms with E-state index < -0.39 is 11.5 Å². The van der Waals surface area contributed by atoms with Crippen molar-refractivity contribution in [3.05, 3.63) is 29.8 Å². The fourth-order valence-electron chi connectivity index (χ4n) is 3.24.